The topological polar surface area (TPSA) is 81.3 Å². The molecule has 2 heterocycles. The number of aromatic nitrogens is 2. The summed E-state index contributed by atoms with van der Waals surface area (Å²) in [6.45, 7) is 0.668. The van der Waals surface area contributed by atoms with Gasteiger partial charge in [-0.05, 0) is 42.7 Å². The van der Waals surface area contributed by atoms with Gasteiger partial charge in [0.25, 0.3) is 11.6 Å². The molecule has 0 unspecified atom stereocenters. The number of benzene rings is 3. The summed E-state index contributed by atoms with van der Waals surface area (Å²) in [6, 6.07) is 23.9. The minimum absolute atomic E-state index is 0.0114. The molecule has 1 aromatic heterocycles. The van der Waals surface area contributed by atoms with Crippen LogP contribution in [0.5, 0.6) is 0 Å². The van der Waals surface area contributed by atoms with Crippen molar-refractivity contribution in [1.29, 1.82) is 0 Å². The SMILES string of the molecule is O=C(C=Cc1cn(-c2ccccc2)nc1-c1cccc([N+](=O)[O-])c1)N1CCCc2ccccc21. The Morgan fingerprint density at radius 3 is 2.62 bits per heavy atom. The van der Waals surface area contributed by atoms with Gasteiger partial charge in [-0.1, -0.05) is 48.5 Å². The Labute approximate surface area is 196 Å². The van der Waals surface area contributed by atoms with Gasteiger partial charge in [-0.15, -0.1) is 0 Å². The van der Waals surface area contributed by atoms with E-state index in [1.165, 1.54) is 17.7 Å². The van der Waals surface area contributed by atoms with Crippen LogP contribution in [0.3, 0.4) is 0 Å². The van der Waals surface area contributed by atoms with Gasteiger partial charge in [0.15, 0.2) is 0 Å². The number of nitro benzene ring substituents is 1. The van der Waals surface area contributed by atoms with Crippen molar-refractivity contribution < 1.29 is 9.72 Å². The molecule has 1 aliphatic heterocycles. The first-order valence-corrected chi connectivity index (χ1v) is 11.1. The largest absolute Gasteiger partial charge is 0.309 e. The van der Waals surface area contributed by atoms with E-state index >= 15 is 0 Å². The van der Waals surface area contributed by atoms with E-state index in [4.69, 9.17) is 5.10 Å². The lowest BCUT2D eigenvalue weighted by molar-refractivity contribution is -0.384. The molecule has 0 aliphatic carbocycles. The number of para-hydroxylation sites is 2. The van der Waals surface area contributed by atoms with Crippen molar-refractivity contribution in [3.05, 3.63) is 112 Å². The van der Waals surface area contributed by atoms with E-state index in [-0.39, 0.29) is 11.6 Å². The Morgan fingerprint density at radius 2 is 1.79 bits per heavy atom. The molecule has 0 bridgehead atoms. The lowest BCUT2D eigenvalue weighted by Crippen LogP contribution is -2.34. The fourth-order valence-corrected chi connectivity index (χ4v) is 4.23. The van der Waals surface area contributed by atoms with E-state index in [1.54, 1.807) is 33.9 Å². The van der Waals surface area contributed by atoms with Crippen LogP contribution in [0.4, 0.5) is 11.4 Å². The highest BCUT2D eigenvalue weighted by molar-refractivity contribution is 6.05. The number of nitrogens with zero attached hydrogens (tertiary/aromatic N) is 4. The van der Waals surface area contributed by atoms with E-state index in [2.05, 4.69) is 6.07 Å². The van der Waals surface area contributed by atoms with Gasteiger partial charge in [0.05, 0.1) is 10.6 Å². The zero-order valence-corrected chi connectivity index (χ0v) is 18.4. The number of non-ortho nitro benzene ring substituents is 1. The lowest BCUT2D eigenvalue weighted by Gasteiger charge is -2.28. The second-order valence-electron chi connectivity index (χ2n) is 8.08. The molecular weight excluding hydrogens is 428 g/mol. The first-order valence-electron chi connectivity index (χ1n) is 11.1. The summed E-state index contributed by atoms with van der Waals surface area (Å²) in [7, 11) is 0. The number of hydrogen-bond acceptors (Lipinski definition) is 4. The van der Waals surface area contributed by atoms with Crippen LogP contribution in [0.25, 0.3) is 23.0 Å². The lowest BCUT2D eigenvalue weighted by atomic mass is 10.0. The van der Waals surface area contributed by atoms with Gasteiger partial charge in [0.2, 0.25) is 0 Å². The number of rotatable bonds is 5. The predicted molar refractivity (Wildman–Crippen MR) is 132 cm³/mol. The molecule has 5 rings (SSSR count). The Kier molecular flexibility index (Phi) is 5.74. The van der Waals surface area contributed by atoms with Gasteiger partial charge < -0.3 is 4.90 Å². The maximum Gasteiger partial charge on any atom is 0.270 e. The summed E-state index contributed by atoms with van der Waals surface area (Å²) in [5, 5.41) is 16.0. The number of fused-ring (bicyclic) bond motifs is 1. The molecule has 0 saturated heterocycles. The van der Waals surface area contributed by atoms with Crippen molar-refractivity contribution in [2.45, 2.75) is 12.8 Å². The standard InChI is InChI=1S/C27H22N4O3/c32-26(29-17-7-10-20-8-4-5-14-25(20)29)16-15-22-19-30(23-11-2-1-3-12-23)28-27(22)21-9-6-13-24(18-21)31(33)34/h1-6,8-9,11-16,18-19H,7,10,17H2. The maximum absolute atomic E-state index is 13.1. The zero-order chi connectivity index (χ0) is 23.5. The predicted octanol–water partition coefficient (Wildman–Crippen LogP) is 5.44. The first kappa shape index (κ1) is 21.3. The molecule has 0 spiro atoms. The van der Waals surface area contributed by atoms with Gasteiger partial charge in [-0.2, -0.15) is 5.10 Å². The minimum atomic E-state index is -0.426. The maximum atomic E-state index is 13.1. The fraction of sp³-hybridized carbons (Fsp3) is 0.111. The van der Waals surface area contributed by atoms with Crippen LogP contribution in [0, 0.1) is 10.1 Å². The highest BCUT2D eigenvalue weighted by atomic mass is 16.6. The number of nitro groups is 1. The quantitative estimate of drug-likeness (QED) is 0.230. The summed E-state index contributed by atoms with van der Waals surface area (Å²) in [5.41, 5.74) is 4.83. The van der Waals surface area contributed by atoms with E-state index in [9.17, 15) is 14.9 Å². The third-order valence-corrected chi connectivity index (χ3v) is 5.88. The Bertz CT molecular complexity index is 1390. The van der Waals surface area contributed by atoms with Crippen LogP contribution in [-0.2, 0) is 11.2 Å². The van der Waals surface area contributed by atoms with Crippen molar-refractivity contribution in [2.75, 3.05) is 11.4 Å². The van der Waals surface area contributed by atoms with E-state index < -0.39 is 4.92 Å². The molecule has 0 fully saturated rings. The molecule has 7 heteroatoms. The molecule has 0 atom stereocenters. The van der Waals surface area contributed by atoms with Gasteiger partial charge in [0, 0.05) is 47.8 Å². The second kappa shape index (κ2) is 9.15. The molecular formula is C27H22N4O3. The van der Waals surface area contributed by atoms with Gasteiger partial charge >= 0.3 is 0 Å². The minimum Gasteiger partial charge on any atom is -0.309 e. The van der Waals surface area contributed by atoms with Gasteiger partial charge in [-0.3, -0.25) is 14.9 Å². The van der Waals surface area contributed by atoms with Gasteiger partial charge in [0.1, 0.15) is 5.69 Å². The van der Waals surface area contributed by atoms with Crippen molar-refractivity contribution in [1.82, 2.24) is 9.78 Å². The number of aryl methyl sites for hydroxylation is 1. The highest BCUT2D eigenvalue weighted by Crippen LogP contribution is 2.29. The van der Waals surface area contributed by atoms with Crippen molar-refractivity contribution in [2.24, 2.45) is 0 Å². The number of amides is 1. The molecule has 34 heavy (non-hydrogen) atoms. The van der Waals surface area contributed by atoms with E-state index in [0.29, 0.717) is 23.4 Å². The van der Waals surface area contributed by atoms with Gasteiger partial charge in [-0.25, -0.2) is 4.68 Å². The molecule has 0 saturated carbocycles. The first-order chi connectivity index (χ1) is 16.6. The third-order valence-electron chi connectivity index (χ3n) is 5.88. The monoisotopic (exact) mass is 450 g/mol. The highest BCUT2D eigenvalue weighted by Gasteiger charge is 2.21. The third kappa shape index (κ3) is 4.23. The van der Waals surface area contributed by atoms with Crippen LogP contribution < -0.4 is 4.90 Å². The summed E-state index contributed by atoms with van der Waals surface area (Å²) in [4.78, 5) is 25.8. The molecule has 4 aromatic rings. The van der Waals surface area contributed by atoms with Crippen LogP contribution in [0.15, 0.2) is 91.1 Å². The molecule has 1 aliphatic rings. The van der Waals surface area contributed by atoms with Crippen molar-refractivity contribution in [3.8, 4) is 16.9 Å². The average Bonchev–Trinajstić information content (AvgIpc) is 3.32. The normalized spacial score (nSPS) is 13.1. The molecule has 7 nitrogen and oxygen atoms in total. The fourth-order valence-electron chi connectivity index (χ4n) is 4.23. The molecule has 0 N–H and O–H groups in total. The van der Waals surface area contributed by atoms with E-state index in [1.807, 2.05) is 54.7 Å². The number of hydrogen-bond donors (Lipinski definition) is 0. The van der Waals surface area contributed by atoms with Crippen LogP contribution in [0.1, 0.15) is 17.5 Å². The number of carbonyl (C=O) groups is 1. The number of anilines is 1. The Morgan fingerprint density at radius 1 is 1.00 bits per heavy atom. The van der Waals surface area contributed by atoms with E-state index in [0.717, 1.165) is 24.2 Å². The Balaban J connectivity index is 1.52. The summed E-state index contributed by atoms with van der Waals surface area (Å²) >= 11 is 0. The van der Waals surface area contributed by atoms with Crippen LogP contribution in [0.2, 0.25) is 0 Å². The Hall–Kier alpha value is -4.52. The molecule has 3 aromatic carbocycles. The molecule has 0 radical (unpaired) electrons. The van der Waals surface area contributed by atoms with Crippen molar-refractivity contribution >= 4 is 23.4 Å². The summed E-state index contributed by atoms with van der Waals surface area (Å²) < 4.78 is 1.72. The summed E-state index contributed by atoms with van der Waals surface area (Å²) in [6.07, 6.45) is 7.00. The van der Waals surface area contributed by atoms with Crippen LogP contribution in [-0.4, -0.2) is 27.2 Å². The zero-order valence-electron chi connectivity index (χ0n) is 18.4. The average molecular weight is 450 g/mol. The van der Waals surface area contributed by atoms with Crippen molar-refractivity contribution in [3.63, 3.8) is 0 Å². The van der Waals surface area contributed by atoms with Crippen LogP contribution >= 0.6 is 0 Å². The summed E-state index contributed by atoms with van der Waals surface area (Å²) in [5.74, 6) is -0.107. The smallest absolute Gasteiger partial charge is 0.270 e. The molecule has 168 valence electrons. The number of carbonyl (C=O) groups excluding carboxylic acids is 1. The second-order valence-corrected chi connectivity index (χ2v) is 8.08. The molecule has 1 amide bonds.